The van der Waals surface area contributed by atoms with Gasteiger partial charge in [0.25, 0.3) is 0 Å². The third-order valence-electron chi connectivity index (χ3n) is 10.9. The Bertz CT molecular complexity index is 3470. The zero-order valence-corrected chi connectivity index (χ0v) is 31.1. The number of thiophene rings is 1. The molecular formula is C51H29N3O2S. The smallest absolute Gasteiger partial charge is 0.164 e. The standard InChI is InChI=1S/C51H29N3O2S/c1-3-13-30(14-4-1)49-52-50(31-15-5-2-6-16-31)54-51(53-49)32-25-26-38-43(28-32)55-42-23-12-20-36(46(38)42)40-27-33(29-45-47(40)39-18-8-10-24-44(39)57-45)34-19-11-21-37-35-17-7-9-22-41(35)56-48(34)37/h1-29H. The van der Waals surface area contributed by atoms with Crippen molar-refractivity contribution in [3.63, 3.8) is 0 Å². The Hall–Kier alpha value is -7.41. The van der Waals surface area contributed by atoms with Crippen molar-refractivity contribution in [2.45, 2.75) is 0 Å². The average molecular weight is 748 g/mol. The molecule has 5 nitrogen and oxygen atoms in total. The van der Waals surface area contributed by atoms with Gasteiger partial charge >= 0.3 is 0 Å². The fourth-order valence-corrected chi connectivity index (χ4v) is 9.50. The van der Waals surface area contributed by atoms with Crippen LogP contribution >= 0.6 is 11.3 Å². The first-order chi connectivity index (χ1) is 28.2. The van der Waals surface area contributed by atoms with E-state index in [1.54, 1.807) is 0 Å². The predicted molar refractivity (Wildman–Crippen MR) is 234 cm³/mol. The van der Waals surface area contributed by atoms with E-state index in [0.717, 1.165) is 82.8 Å². The summed E-state index contributed by atoms with van der Waals surface area (Å²) < 4.78 is 15.7. The van der Waals surface area contributed by atoms with Gasteiger partial charge < -0.3 is 8.83 Å². The third-order valence-corrected chi connectivity index (χ3v) is 12.1. The predicted octanol–water partition coefficient (Wildman–Crippen LogP) is 14.4. The van der Waals surface area contributed by atoms with E-state index in [4.69, 9.17) is 23.8 Å². The number of rotatable bonds is 5. The van der Waals surface area contributed by atoms with E-state index in [2.05, 4.69) is 103 Å². The Morgan fingerprint density at radius 1 is 0.333 bits per heavy atom. The number of hydrogen-bond acceptors (Lipinski definition) is 6. The van der Waals surface area contributed by atoms with E-state index < -0.39 is 0 Å². The minimum atomic E-state index is 0.587. The highest BCUT2D eigenvalue weighted by Crippen LogP contribution is 2.47. The van der Waals surface area contributed by atoms with Crippen LogP contribution in [0.25, 0.3) is 120 Å². The van der Waals surface area contributed by atoms with E-state index in [9.17, 15) is 0 Å². The van der Waals surface area contributed by atoms with Crippen molar-refractivity contribution in [1.82, 2.24) is 15.0 Å². The van der Waals surface area contributed by atoms with Gasteiger partial charge in [-0.15, -0.1) is 11.3 Å². The molecule has 266 valence electrons. The maximum atomic E-state index is 6.71. The maximum Gasteiger partial charge on any atom is 0.164 e. The number of fused-ring (bicyclic) bond motifs is 9. The van der Waals surface area contributed by atoms with Crippen molar-refractivity contribution in [2.24, 2.45) is 0 Å². The molecule has 0 N–H and O–H groups in total. The lowest BCUT2D eigenvalue weighted by Gasteiger charge is -2.11. The zero-order chi connectivity index (χ0) is 37.5. The van der Waals surface area contributed by atoms with Gasteiger partial charge in [0, 0.05) is 64.0 Å². The molecule has 6 heteroatoms. The summed E-state index contributed by atoms with van der Waals surface area (Å²) in [6, 6.07) is 60.9. The lowest BCUT2D eigenvalue weighted by molar-refractivity contribution is 0.669. The molecule has 0 spiro atoms. The lowest BCUT2D eigenvalue weighted by Crippen LogP contribution is -2.00. The molecule has 4 heterocycles. The van der Waals surface area contributed by atoms with Gasteiger partial charge in [0.15, 0.2) is 17.5 Å². The Labute approximate surface area is 330 Å². The molecule has 0 unspecified atom stereocenters. The first kappa shape index (κ1) is 31.9. The van der Waals surface area contributed by atoms with Gasteiger partial charge in [0.2, 0.25) is 0 Å². The second-order valence-electron chi connectivity index (χ2n) is 14.3. The first-order valence-corrected chi connectivity index (χ1v) is 19.7. The number of hydrogen-bond donors (Lipinski definition) is 0. The number of aromatic nitrogens is 3. The molecule has 57 heavy (non-hydrogen) atoms. The highest BCUT2D eigenvalue weighted by molar-refractivity contribution is 7.26. The molecule has 0 aliphatic rings. The summed E-state index contributed by atoms with van der Waals surface area (Å²) in [6.07, 6.45) is 0. The van der Waals surface area contributed by atoms with Crippen molar-refractivity contribution < 1.29 is 8.83 Å². The Kier molecular flexibility index (Phi) is 7.03. The van der Waals surface area contributed by atoms with Gasteiger partial charge in [-0.2, -0.15) is 0 Å². The highest BCUT2D eigenvalue weighted by Gasteiger charge is 2.21. The molecule has 0 atom stereocenters. The summed E-state index contributed by atoms with van der Waals surface area (Å²) in [5, 5.41) is 6.82. The van der Waals surface area contributed by atoms with Crippen LogP contribution in [0, 0.1) is 0 Å². The van der Waals surface area contributed by atoms with Crippen molar-refractivity contribution in [3.8, 4) is 56.4 Å². The Morgan fingerprint density at radius 2 is 0.965 bits per heavy atom. The van der Waals surface area contributed by atoms with Crippen LogP contribution < -0.4 is 0 Å². The maximum absolute atomic E-state index is 6.71. The number of furan rings is 2. The van der Waals surface area contributed by atoms with E-state index in [-0.39, 0.29) is 0 Å². The minimum Gasteiger partial charge on any atom is -0.456 e. The molecule has 0 aliphatic carbocycles. The van der Waals surface area contributed by atoms with Gasteiger partial charge in [-0.1, -0.05) is 133 Å². The van der Waals surface area contributed by atoms with Crippen LogP contribution in [0.5, 0.6) is 0 Å². The normalized spacial score (nSPS) is 11.9. The van der Waals surface area contributed by atoms with Gasteiger partial charge in [0.1, 0.15) is 22.3 Å². The van der Waals surface area contributed by atoms with Crippen LogP contribution in [0.2, 0.25) is 0 Å². The van der Waals surface area contributed by atoms with Gasteiger partial charge in [-0.05, 0) is 59.2 Å². The molecule has 0 amide bonds. The van der Waals surface area contributed by atoms with Gasteiger partial charge in [0.05, 0.1) is 0 Å². The van der Waals surface area contributed by atoms with Crippen LogP contribution in [0.1, 0.15) is 0 Å². The number of benzene rings is 8. The molecule has 8 aromatic carbocycles. The Balaban J connectivity index is 1.07. The van der Waals surface area contributed by atoms with E-state index >= 15 is 0 Å². The van der Waals surface area contributed by atoms with Crippen molar-refractivity contribution in [3.05, 3.63) is 176 Å². The van der Waals surface area contributed by atoms with Crippen LogP contribution in [-0.2, 0) is 0 Å². The van der Waals surface area contributed by atoms with Crippen molar-refractivity contribution in [2.75, 3.05) is 0 Å². The zero-order valence-electron chi connectivity index (χ0n) is 30.3. The molecule has 0 saturated heterocycles. The lowest BCUT2D eigenvalue weighted by atomic mass is 9.91. The molecule has 12 rings (SSSR count). The average Bonchev–Trinajstić information content (AvgIpc) is 3.97. The summed E-state index contributed by atoms with van der Waals surface area (Å²) in [6.45, 7) is 0. The molecule has 0 aliphatic heterocycles. The molecule has 0 fully saturated rings. The summed E-state index contributed by atoms with van der Waals surface area (Å²) in [5.74, 6) is 1.83. The van der Waals surface area contributed by atoms with Crippen LogP contribution in [0.15, 0.2) is 185 Å². The second kappa shape index (κ2) is 12.6. The third kappa shape index (κ3) is 5.12. The van der Waals surface area contributed by atoms with Crippen LogP contribution in [0.3, 0.4) is 0 Å². The summed E-state index contributed by atoms with van der Waals surface area (Å²) in [4.78, 5) is 14.9. The van der Waals surface area contributed by atoms with Crippen LogP contribution in [-0.4, -0.2) is 15.0 Å². The number of nitrogens with zero attached hydrogens (tertiary/aromatic N) is 3. The fourth-order valence-electron chi connectivity index (χ4n) is 8.32. The quantitative estimate of drug-likeness (QED) is 0.175. The molecule has 12 aromatic rings. The SMILES string of the molecule is c1ccc(-c2nc(-c3ccccc3)nc(-c3ccc4c(c3)oc3cccc(-c5cc(-c6cccc7c6oc6ccccc67)cc6sc7ccccc7c56)c34)n2)cc1. The topological polar surface area (TPSA) is 65.0 Å². The van der Waals surface area contributed by atoms with Crippen LogP contribution in [0.4, 0.5) is 0 Å². The van der Waals surface area contributed by atoms with Gasteiger partial charge in [-0.3, -0.25) is 0 Å². The summed E-state index contributed by atoms with van der Waals surface area (Å²) in [5.41, 5.74) is 10.5. The fraction of sp³-hybridized carbons (Fsp3) is 0. The highest BCUT2D eigenvalue weighted by atomic mass is 32.1. The second-order valence-corrected chi connectivity index (χ2v) is 15.4. The van der Waals surface area contributed by atoms with Gasteiger partial charge in [-0.25, -0.2) is 15.0 Å². The molecular weight excluding hydrogens is 719 g/mol. The van der Waals surface area contributed by atoms with Crippen molar-refractivity contribution >= 4 is 75.4 Å². The summed E-state index contributed by atoms with van der Waals surface area (Å²) in [7, 11) is 0. The number of para-hydroxylation sites is 2. The van der Waals surface area contributed by atoms with E-state index in [0.29, 0.717) is 17.5 Å². The minimum absolute atomic E-state index is 0.587. The Morgan fingerprint density at radius 3 is 1.75 bits per heavy atom. The molecule has 0 radical (unpaired) electrons. The largest absolute Gasteiger partial charge is 0.456 e. The molecule has 0 bridgehead atoms. The van der Waals surface area contributed by atoms with Crippen molar-refractivity contribution in [1.29, 1.82) is 0 Å². The first-order valence-electron chi connectivity index (χ1n) is 18.9. The molecule has 4 aromatic heterocycles. The monoisotopic (exact) mass is 747 g/mol. The van der Waals surface area contributed by atoms with E-state index in [1.807, 2.05) is 84.1 Å². The van der Waals surface area contributed by atoms with E-state index in [1.165, 1.54) is 20.2 Å². The summed E-state index contributed by atoms with van der Waals surface area (Å²) >= 11 is 1.83. The molecule has 0 saturated carbocycles.